The normalized spacial score (nSPS) is 20.1. The van der Waals surface area contributed by atoms with Gasteiger partial charge in [0.2, 0.25) is 0 Å². The van der Waals surface area contributed by atoms with E-state index in [1.54, 1.807) is 0 Å². The SMILES string of the molecule is CCN(CC)C1(C(N)c2cnc(C(F)(F)F)s2)CCCC1. The third-order valence-corrected chi connectivity index (χ3v) is 5.64. The second-order valence-corrected chi connectivity index (χ2v) is 6.59. The van der Waals surface area contributed by atoms with Gasteiger partial charge in [-0.2, -0.15) is 13.2 Å². The third kappa shape index (κ3) is 3.10. The maximum absolute atomic E-state index is 12.7. The minimum Gasteiger partial charge on any atom is -0.322 e. The molecule has 1 aliphatic carbocycles. The lowest BCUT2D eigenvalue weighted by Crippen LogP contribution is -2.53. The lowest BCUT2D eigenvalue weighted by molar-refractivity contribution is -0.137. The van der Waals surface area contributed by atoms with Gasteiger partial charge in [-0.25, -0.2) is 4.98 Å². The van der Waals surface area contributed by atoms with Crippen molar-refractivity contribution in [2.45, 2.75) is 57.3 Å². The van der Waals surface area contributed by atoms with E-state index in [-0.39, 0.29) is 5.54 Å². The van der Waals surface area contributed by atoms with E-state index in [2.05, 4.69) is 23.7 Å². The Morgan fingerprint density at radius 2 is 1.90 bits per heavy atom. The number of aromatic nitrogens is 1. The summed E-state index contributed by atoms with van der Waals surface area (Å²) in [4.78, 5) is 6.36. The summed E-state index contributed by atoms with van der Waals surface area (Å²) in [5.74, 6) is 0. The number of hydrogen-bond donors (Lipinski definition) is 1. The molecule has 1 atom stereocenters. The predicted molar refractivity (Wildman–Crippen MR) is 78.2 cm³/mol. The van der Waals surface area contributed by atoms with Crippen LogP contribution in [0.5, 0.6) is 0 Å². The second-order valence-electron chi connectivity index (χ2n) is 5.53. The zero-order valence-corrected chi connectivity index (χ0v) is 13.2. The van der Waals surface area contributed by atoms with Crippen LogP contribution in [0.2, 0.25) is 0 Å². The minimum atomic E-state index is -4.39. The molecule has 1 unspecified atom stereocenters. The molecule has 2 N–H and O–H groups in total. The molecule has 0 bridgehead atoms. The number of alkyl halides is 3. The number of nitrogens with two attached hydrogens (primary N) is 1. The summed E-state index contributed by atoms with van der Waals surface area (Å²) in [6, 6.07) is -0.409. The zero-order valence-electron chi connectivity index (χ0n) is 12.4. The molecular formula is C14H22F3N3S. The maximum atomic E-state index is 12.7. The van der Waals surface area contributed by atoms with Crippen molar-refractivity contribution < 1.29 is 13.2 Å². The van der Waals surface area contributed by atoms with Crippen LogP contribution in [0.3, 0.4) is 0 Å². The van der Waals surface area contributed by atoms with E-state index in [1.165, 1.54) is 6.20 Å². The average molecular weight is 321 g/mol. The van der Waals surface area contributed by atoms with E-state index in [9.17, 15) is 13.2 Å². The second kappa shape index (κ2) is 6.22. The highest BCUT2D eigenvalue weighted by Gasteiger charge is 2.45. The van der Waals surface area contributed by atoms with Crippen molar-refractivity contribution in [1.82, 2.24) is 9.88 Å². The molecule has 1 aromatic heterocycles. The van der Waals surface area contributed by atoms with Crippen molar-refractivity contribution in [2.24, 2.45) is 5.73 Å². The van der Waals surface area contributed by atoms with Crippen LogP contribution in [-0.4, -0.2) is 28.5 Å². The molecule has 0 aromatic carbocycles. The summed E-state index contributed by atoms with van der Waals surface area (Å²) in [7, 11) is 0. The molecule has 0 radical (unpaired) electrons. The van der Waals surface area contributed by atoms with Gasteiger partial charge in [0.15, 0.2) is 5.01 Å². The van der Waals surface area contributed by atoms with Gasteiger partial charge < -0.3 is 5.73 Å². The first kappa shape index (κ1) is 16.7. The summed E-state index contributed by atoms with van der Waals surface area (Å²) in [5.41, 5.74) is 6.18. The highest BCUT2D eigenvalue weighted by atomic mass is 32.1. The van der Waals surface area contributed by atoms with Gasteiger partial charge in [-0.15, -0.1) is 11.3 Å². The number of thiazole rings is 1. The monoisotopic (exact) mass is 321 g/mol. The van der Waals surface area contributed by atoms with E-state index >= 15 is 0 Å². The van der Waals surface area contributed by atoms with Gasteiger partial charge in [0.05, 0.1) is 6.04 Å². The third-order valence-electron chi connectivity index (χ3n) is 4.51. The average Bonchev–Trinajstić information content (AvgIpc) is 3.08. The molecule has 120 valence electrons. The van der Waals surface area contributed by atoms with Crippen LogP contribution in [0.4, 0.5) is 13.2 Å². The molecule has 1 heterocycles. The van der Waals surface area contributed by atoms with E-state index in [4.69, 9.17) is 5.73 Å². The Balaban J connectivity index is 2.31. The number of rotatable bonds is 5. The van der Waals surface area contributed by atoms with Gasteiger partial charge in [0, 0.05) is 16.6 Å². The molecule has 21 heavy (non-hydrogen) atoms. The largest absolute Gasteiger partial charge is 0.443 e. The molecule has 2 rings (SSSR count). The summed E-state index contributed by atoms with van der Waals surface area (Å²) >= 11 is 0.684. The van der Waals surface area contributed by atoms with Crippen LogP contribution in [0.25, 0.3) is 0 Å². The fourth-order valence-electron chi connectivity index (χ4n) is 3.49. The van der Waals surface area contributed by atoms with E-state index in [1.807, 2.05) is 0 Å². The van der Waals surface area contributed by atoms with Crippen LogP contribution in [0.15, 0.2) is 6.20 Å². The smallest absolute Gasteiger partial charge is 0.322 e. The van der Waals surface area contributed by atoms with Crippen molar-refractivity contribution in [2.75, 3.05) is 13.1 Å². The van der Waals surface area contributed by atoms with Crippen molar-refractivity contribution >= 4 is 11.3 Å². The first-order valence-corrected chi connectivity index (χ1v) is 8.20. The van der Waals surface area contributed by atoms with E-state index in [0.29, 0.717) is 16.2 Å². The van der Waals surface area contributed by atoms with Gasteiger partial charge in [-0.1, -0.05) is 26.7 Å². The number of nitrogens with zero attached hydrogens (tertiary/aromatic N) is 2. The Hall–Kier alpha value is -0.660. The Kier molecular flexibility index (Phi) is 4.95. The highest BCUT2D eigenvalue weighted by Crippen LogP contribution is 2.45. The zero-order chi connectivity index (χ0) is 15.7. The molecule has 1 saturated carbocycles. The number of halogens is 3. The fraction of sp³-hybridized carbons (Fsp3) is 0.786. The fourth-order valence-corrected chi connectivity index (χ4v) is 4.39. The predicted octanol–water partition coefficient (Wildman–Crippen LogP) is 3.82. The standard InChI is InChI=1S/C14H22F3N3S/c1-3-20(4-2)13(7-5-6-8-13)11(18)10-9-19-12(21-10)14(15,16)17/h9,11H,3-8,18H2,1-2H3. The van der Waals surface area contributed by atoms with Gasteiger partial charge in [-0.3, -0.25) is 4.90 Å². The van der Waals surface area contributed by atoms with Crippen LogP contribution >= 0.6 is 11.3 Å². The van der Waals surface area contributed by atoms with Gasteiger partial charge in [-0.05, 0) is 25.9 Å². The molecule has 0 spiro atoms. The van der Waals surface area contributed by atoms with Gasteiger partial charge in [0.1, 0.15) is 0 Å². The molecule has 3 nitrogen and oxygen atoms in total. The lowest BCUT2D eigenvalue weighted by Gasteiger charge is -2.44. The maximum Gasteiger partial charge on any atom is 0.443 e. The lowest BCUT2D eigenvalue weighted by atomic mass is 9.85. The van der Waals surface area contributed by atoms with Crippen molar-refractivity contribution in [3.63, 3.8) is 0 Å². The Morgan fingerprint density at radius 1 is 1.33 bits per heavy atom. The molecule has 0 aliphatic heterocycles. The number of likely N-dealkylation sites (N-methyl/N-ethyl adjacent to an activating group) is 1. The Labute approximate surface area is 127 Å². The molecular weight excluding hydrogens is 299 g/mol. The molecule has 1 fully saturated rings. The Bertz CT molecular complexity index is 462. The van der Waals surface area contributed by atoms with Gasteiger partial charge >= 0.3 is 6.18 Å². The topological polar surface area (TPSA) is 42.1 Å². The van der Waals surface area contributed by atoms with Crippen molar-refractivity contribution in [3.05, 3.63) is 16.1 Å². The van der Waals surface area contributed by atoms with Crippen LogP contribution in [0.1, 0.15) is 55.5 Å². The van der Waals surface area contributed by atoms with Crippen LogP contribution in [-0.2, 0) is 6.18 Å². The van der Waals surface area contributed by atoms with Crippen molar-refractivity contribution in [3.8, 4) is 0 Å². The van der Waals surface area contributed by atoms with E-state index < -0.39 is 17.2 Å². The quantitative estimate of drug-likeness (QED) is 0.896. The number of hydrogen-bond acceptors (Lipinski definition) is 4. The van der Waals surface area contributed by atoms with Crippen molar-refractivity contribution in [1.29, 1.82) is 0 Å². The molecule has 1 aliphatic rings. The van der Waals surface area contributed by atoms with E-state index in [0.717, 1.165) is 38.8 Å². The summed E-state index contributed by atoms with van der Waals surface area (Å²) < 4.78 is 38.2. The molecule has 7 heteroatoms. The first-order valence-electron chi connectivity index (χ1n) is 7.38. The molecule has 0 amide bonds. The van der Waals surface area contributed by atoms with Gasteiger partial charge in [0.25, 0.3) is 0 Å². The molecule has 1 aromatic rings. The highest BCUT2D eigenvalue weighted by molar-refractivity contribution is 7.11. The Morgan fingerprint density at radius 3 is 2.33 bits per heavy atom. The minimum absolute atomic E-state index is 0.223. The van der Waals surface area contributed by atoms with Crippen LogP contribution < -0.4 is 5.73 Å². The summed E-state index contributed by atoms with van der Waals surface area (Å²) in [6.07, 6.45) is 0.955. The van der Waals surface area contributed by atoms with Crippen LogP contribution in [0, 0.1) is 0 Å². The first-order chi connectivity index (χ1) is 9.85. The summed E-state index contributed by atoms with van der Waals surface area (Å²) in [6.45, 7) is 5.86. The molecule has 0 saturated heterocycles. The summed E-state index contributed by atoms with van der Waals surface area (Å²) in [5, 5.41) is -0.805.